The van der Waals surface area contributed by atoms with Gasteiger partial charge >= 0.3 is 0 Å². The minimum atomic E-state index is -3.89. The first kappa shape index (κ1) is 16.1. The van der Waals surface area contributed by atoms with Crippen LogP contribution >= 0.6 is 11.6 Å². The van der Waals surface area contributed by atoms with Crippen molar-refractivity contribution >= 4 is 21.6 Å². The average molecular weight is 308 g/mol. The van der Waals surface area contributed by atoms with Crippen LogP contribution in [-0.2, 0) is 14.8 Å². The van der Waals surface area contributed by atoms with Crippen molar-refractivity contribution in [2.24, 2.45) is 0 Å². The van der Waals surface area contributed by atoms with Crippen LogP contribution in [-0.4, -0.2) is 28.2 Å². The highest BCUT2D eigenvalue weighted by Crippen LogP contribution is 2.18. The third kappa shape index (κ3) is 5.28. The fraction of sp³-hybridized carbons (Fsp3) is 0.333. The molecule has 1 rings (SSSR count). The summed E-state index contributed by atoms with van der Waals surface area (Å²) in [4.78, 5) is -0.434. The molecule has 0 heterocycles. The van der Waals surface area contributed by atoms with Crippen LogP contribution in [0.2, 0.25) is 5.02 Å². The first-order valence-electron chi connectivity index (χ1n) is 5.50. The fourth-order valence-corrected chi connectivity index (χ4v) is 2.49. The molecule has 0 saturated carbocycles. The van der Waals surface area contributed by atoms with E-state index in [1.165, 1.54) is 6.07 Å². The van der Waals surface area contributed by atoms with Gasteiger partial charge in [-0.25, -0.2) is 17.5 Å². The molecule has 0 atom stereocenters. The highest BCUT2D eigenvalue weighted by molar-refractivity contribution is 7.89. The van der Waals surface area contributed by atoms with E-state index < -0.39 is 20.7 Å². The standard InChI is InChI=1S/C12H15ClFNO3S/c1-9(2)8-18-6-5-15-19(16,17)12-4-3-10(13)7-11(12)14/h3-4,7,15H,1,5-6,8H2,2H3. The zero-order chi connectivity index (χ0) is 14.5. The molecule has 0 saturated heterocycles. The smallest absolute Gasteiger partial charge is 0.243 e. The normalized spacial score (nSPS) is 11.5. The molecule has 19 heavy (non-hydrogen) atoms. The lowest BCUT2D eigenvalue weighted by atomic mass is 10.3. The molecule has 0 unspecified atom stereocenters. The zero-order valence-electron chi connectivity index (χ0n) is 10.4. The van der Waals surface area contributed by atoms with E-state index in [0.717, 1.165) is 17.7 Å². The monoisotopic (exact) mass is 307 g/mol. The van der Waals surface area contributed by atoms with E-state index in [1.807, 2.05) is 0 Å². The van der Waals surface area contributed by atoms with Crippen molar-refractivity contribution in [1.82, 2.24) is 4.72 Å². The van der Waals surface area contributed by atoms with Gasteiger partial charge in [-0.2, -0.15) is 0 Å². The van der Waals surface area contributed by atoms with E-state index >= 15 is 0 Å². The van der Waals surface area contributed by atoms with E-state index in [9.17, 15) is 12.8 Å². The van der Waals surface area contributed by atoms with Crippen LogP contribution in [0.1, 0.15) is 6.92 Å². The lowest BCUT2D eigenvalue weighted by Gasteiger charge is -2.08. The fourth-order valence-electron chi connectivity index (χ4n) is 1.27. The molecule has 0 aromatic heterocycles. The number of hydrogen-bond donors (Lipinski definition) is 1. The van der Waals surface area contributed by atoms with Crippen molar-refractivity contribution in [3.8, 4) is 0 Å². The van der Waals surface area contributed by atoms with E-state index in [2.05, 4.69) is 11.3 Å². The number of nitrogens with one attached hydrogen (secondary N) is 1. The summed E-state index contributed by atoms with van der Waals surface area (Å²) in [6.45, 7) is 6.04. The maximum Gasteiger partial charge on any atom is 0.243 e. The molecule has 1 aromatic carbocycles. The molecule has 4 nitrogen and oxygen atoms in total. The van der Waals surface area contributed by atoms with Gasteiger partial charge in [0.15, 0.2) is 0 Å². The Kier molecular flexibility index (Phi) is 5.93. The molecule has 0 radical (unpaired) electrons. The molecule has 0 aliphatic carbocycles. The maximum absolute atomic E-state index is 13.5. The molecule has 1 N–H and O–H groups in total. The molecule has 106 valence electrons. The van der Waals surface area contributed by atoms with Gasteiger partial charge in [-0.05, 0) is 25.1 Å². The lowest BCUT2D eigenvalue weighted by Crippen LogP contribution is -2.28. The number of rotatable bonds is 7. The van der Waals surface area contributed by atoms with Crippen molar-refractivity contribution in [2.75, 3.05) is 19.8 Å². The minimum absolute atomic E-state index is 0.0533. The molecule has 0 fully saturated rings. The number of hydrogen-bond acceptors (Lipinski definition) is 3. The molecule has 1 aromatic rings. The van der Waals surface area contributed by atoms with Crippen LogP contribution in [0.25, 0.3) is 0 Å². The summed E-state index contributed by atoms with van der Waals surface area (Å²) in [6.07, 6.45) is 0. The summed E-state index contributed by atoms with van der Waals surface area (Å²) in [5.74, 6) is -0.886. The Morgan fingerprint density at radius 2 is 2.21 bits per heavy atom. The number of benzene rings is 1. The largest absolute Gasteiger partial charge is 0.376 e. The quantitative estimate of drug-likeness (QED) is 0.621. The first-order chi connectivity index (χ1) is 8.83. The zero-order valence-corrected chi connectivity index (χ0v) is 12.0. The molecule has 0 amide bonds. The van der Waals surface area contributed by atoms with Crippen LogP contribution < -0.4 is 4.72 Å². The highest BCUT2D eigenvalue weighted by atomic mass is 35.5. The Bertz CT molecular complexity index is 560. The van der Waals surface area contributed by atoms with Crippen LogP contribution in [0.3, 0.4) is 0 Å². The number of sulfonamides is 1. The second-order valence-electron chi connectivity index (χ2n) is 3.98. The third-order valence-electron chi connectivity index (χ3n) is 2.07. The van der Waals surface area contributed by atoms with Crippen LogP contribution in [0.5, 0.6) is 0 Å². The van der Waals surface area contributed by atoms with Gasteiger partial charge in [-0.1, -0.05) is 23.8 Å². The highest BCUT2D eigenvalue weighted by Gasteiger charge is 2.18. The van der Waals surface area contributed by atoms with Crippen molar-refractivity contribution < 1.29 is 17.5 Å². The summed E-state index contributed by atoms with van der Waals surface area (Å²) in [7, 11) is -3.89. The van der Waals surface area contributed by atoms with Gasteiger partial charge in [0, 0.05) is 11.6 Å². The van der Waals surface area contributed by atoms with Gasteiger partial charge in [0.25, 0.3) is 0 Å². The second kappa shape index (κ2) is 7.00. The average Bonchev–Trinajstić information content (AvgIpc) is 2.27. The Morgan fingerprint density at radius 3 is 2.79 bits per heavy atom. The van der Waals surface area contributed by atoms with Crippen LogP contribution in [0, 0.1) is 5.82 Å². The van der Waals surface area contributed by atoms with Crippen LogP contribution in [0.4, 0.5) is 4.39 Å². The Balaban J connectivity index is 2.59. The molecule has 7 heteroatoms. The Labute approximate surface area is 117 Å². The van der Waals surface area contributed by atoms with E-state index in [0.29, 0.717) is 6.61 Å². The number of halogens is 2. The Hall–Kier alpha value is -0.950. The topological polar surface area (TPSA) is 55.4 Å². The van der Waals surface area contributed by atoms with Crippen molar-refractivity contribution in [3.05, 3.63) is 41.2 Å². The molecular formula is C12H15ClFNO3S. The predicted molar refractivity (Wildman–Crippen MR) is 72.2 cm³/mol. The molecule has 0 spiro atoms. The molecule has 0 aliphatic heterocycles. The predicted octanol–water partition coefficient (Wildman–Crippen LogP) is 2.35. The summed E-state index contributed by atoms with van der Waals surface area (Å²) in [6, 6.07) is 3.39. The second-order valence-corrected chi connectivity index (χ2v) is 6.15. The SMILES string of the molecule is C=C(C)COCCNS(=O)(=O)c1ccc(Cl)cc1F. The van der Waals surface area contributed by atoms with Crippen LogP contribution in [0.15, 0.2) is 35.2 Å². The van der Waals surface area contributed by atoms with Gasteiger partial charge in [-0.15, -0.1) is 0 Å². The first-order valence-corrected chi connectivity index (χ1v) is 7.36. The van der Waals surface area contributed by atoms with Crippen molar-refractivity contribution in [3.63, 3.8) is 0 Å². The summed E-state index contributed by atoms with van der Waals surface area (Å²) in [5.41, 5.74) is 0.839. The Morgan fingerprint density at radius 1 is 1.53 bits per heavy atom. The van der Waals surface area contributed by atoms with Crippen molar-refractivity contribution in [2.45, 2.75) is 11.8 Å². The van der Waals surface area contributed by atoms with E-state index in [1.54, 1.807) is 6.92 Å². The van der Waals surface area contributed by atoms with Gasteiger partial charge in [0.1, 0.15) is 10.7 Å². The van der Waals surface area contributed by atoms with Gasteiger partial charge in [-0.3, -0.25) is 0 Å². The molecular weight excluding hydrogens is 293 g/mol. The van der Waals surface area contributed by atoms with Gasteiger partial charge in [0.05, 0.1) is 13.2 Å². The minimum Gasteiger partial charge on any atom is -0.376 e. The molecule has 0 bridgehead atoms. The summed E-state index contributed by atoms with van der Waals surface area (Å²) >= 11 is 5.56. The summed E-state index contributed by atoms with van der Waals surface area (Å²) < 4.78 is 44.4. The van der Waals surface area contributed by atoms with E-state index in [-0.39, 0.29) is 18.2 Å². The van der Waals surface area contributed by atoms with Gasteiger partial charge < -0.3 is 4.74 Å². The summed E-state index contributed by atoms with van der Waals surface area (Å²) in [5, 5.41) is 0.140. The maximum atomic E-state index is 13.5. The number of ether oxygens (including phenoxy) is 1. The molecule has 0 aliphatic rings. The van der Waals surface area contributed by atoms with E-state index in [4.69, 9.17) is 16.3 Å². The lowest BCUT2D eigenvalue weighted by molar-refractivity contribution is 0.162. The third-order valence-corrected chi connectivity index (χ3v) is 3.80. The van der Waals surface area contributed by atoms with Gasteiger partial charge in [0.2, 0.25) is 10.0 Å². The van der Waals surface area contributed by atoms with Crippen molar-refractivity contribution in [1.29, 1.82) is 0 Å².